The number of hydrogen-bond acceptors (Lipinski definition) is 5. The predicted octanol–water partition coefficient (Wildman–Crippen LogP) is 2.63. The Balaban J connectivity index is 1.54. The van der Waals surface area contributed by atoms with Gasteiger partial charge >= 0.3 is 0 Å². The van der Waals surface area contributed by atoms with Crippen molar-refractivity contribution >= 4 is 28.6 Å². The Hall–Kier alpha value is -1.56. The topological polar surface area (TPSA) is 71.7 Å². The van der Waals surface area contributed by atoms with E-state index in [2.05, 4.69) is 5.32 Å². The van der Waals surface area contributed by atoms with Gasteiger partial charge in [-0.2, -0.15) is 0 Å². The zero-order valence-electron chi connectivity index (χ0n) is 12.4. The van der Waals surface area contributed by atoms with E-state index in [9.17, 15) is 9.59 Å². The Morgan fingerprint density at radius 1 is 1.45 bits per heavy atom. The first-order chi connectivity index (χ1) is 10.6. The van der Waals surface area contributed by atoms with Crippen LogP contribution in [0.2, 0.25) is 0 Å². The summed E-state index contributed by atoms with van der Waals surface area (Å²) in [5, 5.41) is 3.40. The average molecular weight is 318 g/mol. The molecule has 0 aromatic carbocycles. The van der Waals surface area contributed by atoms with Crippen molar-refractivity contribution in [3.8, 4) is 0 Å². The molecular weight excluding hydrogens is 300 g/mol. The number of nitrogens with zero attached hydrogens (tertiary/aromatic N) is 1. The first-order valence-corrected chi connectivity index (χ1v) is 8.53. The average Bonchev–Trinajstić information content (AvgIpc) is 3.24. The van der Waals surface area contributed by atoms with Crippen LogP contribution in [0.5, 0.6) is 0 Å². The highest BCUT2D eigenvalue weighted by molar-refractivity contribution is 8.17. The number of furan rings is 1. The Labute approximate surface area is 132 Å². The van der Waals surface area contributed by atoms with E-state index in [4.69, 9.17) is 9.41 Å². The van der Waals surface area contributed by atoms with E-state index in [1.807, 2.05) is 0 Å². The number of fused-ring (bicyclic) bond motifs is 2. The molecule has 1 aliphatic heterocycles. The van der Waals surface area contributed by atoms with Crippen LogP contribution in [0.1, 0.15) is 43.0 Å². The van der Waals surface area contributed by atoms with E-state index in [0.717, 1.165) is 12.3 Å². The summed E-state index contributed by atoms with van der Waals surface area (Å²) in [7, 11) is 0. The second-order valence-electron chi connectivity index (χ2n) is 6.61. The molecule has 0 radical (unpaired) electrons. The molecule has 0 unspecified atom stereocenters. The lowest BCUT2D eigenvalue weighted by Gasteiger charge is -2.18. The first kappa shape index (κ1) is 14.1. The van der Waals surface area contributed by atoms with Gasteiger partial charge in [0.15, 0.2) is 15.7 Å². The van der Waals surface area contributed by atoms with Crippen LogP contribution in [0, 0.1) is 11.8 Å². The minimum absolute atomic E-state index is 0.234. The van der Waals surface area contributed by atoms with Gasteiger partial charge in [-0.3, -0.25) is 14.6 Å². The third kappa shape index (κ3) is 2.12. The SMILES string of the molecule is C[C@@]1(C(=O)c2ccoc2)SC(=N[C@H]2C[C@H]3CC[C@@H]2C3)NC1=O. The van der Waals surface area contributed by atoms with Crippen molar-refractivity contribution in [2.75, 3.05) is 0 Å². The van der Waals surface area contributed by atoms with Crippen molar-refractivity contribution in [2.24, 2.45) is 16.8 Å². The second kappa shape index (κ2) is 4.98. The molecule has 2 bridgehead atoms. The van der Waals surface area contributed by atoms with Crippen molar-refractivity contribution in [1.29, 1.82) is 0 Å². The lowest BCUT2D eigenvalue weighted by atomic mass is 9.96. The maximum atomic E-state index is 12.6. The number of nitrogens with one attached hydrogen (secondary N) is 1. The zero-order valence-corrected chi connectivity index (χ0v) is 13.2. The van der Waals surface area contributed by atoms with E-state index < -0.39 is 4.75 Å². The first-order valence-electron chi connectivity index (χ1n) is 7.71. The van der Waals surface area contributed by atoms with Crippen LogP contribution in [0.15, 0.2) is 28.0 Å². The number of thioether (sulfide) groups is 1. The van der Waals surface area contributed by atoms with Gasteiger partial charge in [0.25, 0.3) is 0 Å². The molecule has 3 fully saturated rings. The monoisotopic (exact) mass is 318 g/mol. The number of amides is 1. The molecule has 5 nitrogen and oxygen atoms in total. The van der Waals surface area contributed by atoms with Gasteiger partial charge in [-0.25, -0.2) is 0 Å². The molecule has 116 valence electrons. The van der Waals surface area contributed by atoms with Gasteiger partial charge in [-0.1, -0.05) is 18.2 Å². The fraction of sp³-hybridized carbons (Fsp3) is 0.562. The number of ketones is 1. The van der Waals surface area contributed by atoms with Crippen LogP contribution >= 0.6 is 11.8 Å². The fourth-order valence-corrected chi connectivity index (χ4v) is 4.95. The molecule has 1 aromatic heterocycles. The quantitative estimate of drug-likeness (QED) is 0.687. The van der Waals surface area contributed by atoms with Crippen LogP contribution in [-0.2, 0) is 4.79 Å². The number of hydrogen-bond donors (Lipinski definition) is 1. The van der Waals surface area contributed by atoms with Crippen LogP contribution in [0.4, 0.5) is 0 Å². The number of carbonyl (C=O) groups excluding carboxylic acids is 2. The Bertz CT molecular complexity index is 654. The maximum absolute atomic E-state index is 12.6. The molecule has 1 N–H and O–H groups in total. The standard InChI is InChI=1S/C16H18N2O3S/c1-16(13(19)11-4-5-21-8-11)14(20)18-15(22-16)17-12-7-9-2-3-10(12)6-9/h4-5,8-10,12H,2-3,6-7H2,1H3,(H,17,18,20)/t9-,10+,12-,16-/m0/s1. The van der Waals surface area contributed by atoms with E-state index >= 15 is 0 Å². The summed E-state index contributed by atoms with van der Waals surface area (Å²) in [5.41, 5.74) is 0.423. The summed E-state index contributed by atoms with van der Waals surface area (Å²) < 4.78 is 3.80. The molecule has 1 aromatic rings. The molecule has 2 aliphatic carbocycles. The number of carbonyl (C=O) groups is 2. The minimum atomic E-state index is -1.15. The highest BCUT2D eigenvalue weighted by atomic mass is 32.2. The van der Waals surface area contributed by atoms with E-state index in [1.165, 1.54) is 43.6 Å². The summed E-state index contributed by atoms with van der Waals surface area (Å²) in [5.74, 6) is 0.944. The summed E-state index contributed by atoms with van der Waals surface area (Å²) in [6, 6.07) is 1.90. The Morgan fingerprint density at radius 3 is 2.95 bits per heavy atom. The fourth-order valence-electron chi connectivity index (χ4n) is 3.88. The van der Waals surface area contributed by atoms with Crippen LogP contribution in [0.3, 0.4) is 0 Å². The lowest BCUT2D eigenvalue weighted by Crippen LogP contribution is -2.41. The van der Waals surface area contributed by atoms with Crippen LogP contribution < -0.4 is 5.32 Å². The van der Waals surface area contributed by atoms with Crippen molar-refractivity contribution in [3.63, 3.8) is 0 Å². The van der Waals surface area contributed by atoms with Crippen LogP contribution in [0.25, 0.3) is 0 Å². The largest absolute Gasteiger partial charge is 0.472 e. The molecule has 4 atom stereocenters. The lowest BCUT2D eigenvalue weighted by molar-refractivity contribution is -0.120. The van der Waals surface area contributed by atoms with Crippen LogP contribution in [-0.4, -0.2) is 27.6 Å². The minimum Gasteiger partial charge on any atom is -0.472 e. The number of aliphatic imine (C=N–C) groups is 1. The summed E-state index contributed by atoms with van der Waals surface area (Å²) in [6.45, 7) is 1.66. The molecular formula is C16H18N2O3S. The van der Waals surface area contributed by atoms with Crippen molar-refractivity contribution in [2.45, 2.75) is 43.4 Å². The van der Waals surface area contributed by atoms with Gasteiger partial charge in [0.1, 0.15) is 6.26 Å². The highest BCUT2D eigenvalue weighted by Crippen LogP contribution is 2.46. The smallest absolute Gasteiger partial charge is 0.250 e. The van der Waals surface area contributed by atoms with Gasteiger partial charge < -0.3 is 9.73 Å². The van der Waals surface area contributed by atoms with E-state index in [0.29, 0.717) is 22.7 Å². The summed E-state index contributed by atoms with van der Waals surface area (Å²) in [6.07, 6.45) is 7.78. The molecule has 3 aliphatic rings. The van der Waals surface area contributed by atoms with E-state index in [-0.39, 0.29) is 11.7 Å². The molecule has 1 amide bonds. The maximum Gasteiger partial charge on any atom is 0.250 e. The van der Waals surface area contributed by atoms with Gasteiger partial charge in [0.2, 0.25) is 5.91 Å². The molecule has 6 heteroatoms. The van der Waals surface area contributed by atoms with Gasteiger partial charge in [-0.15, -0.1) is 0 Å². The molecule has 22 heavy (non-hydrogen) atoms. The summed E-state index contributed by atoms with van der Waals surface area (Å²) >= 11 is 1.24. The van der Waals surface area contributed by atoms with Crippen molar-refractivity contribution < 1.29 is 14.0 Å². The van der Waals surface area contributed by atoms with E-state index in [1.54, 1.807) is 13.0 Å². The van der Waals surface area contributed by atoms with Gasteiger partial charge in [0, 0.05) is 0 Å². The summed E-state index contributed by atoms with van der Waals surface area (Å²) in [4.78, 5) is 29.6. The Morgan fingerprint density at radius 2 is 2.32 bits per heavy atom. The zero-order chi connectivity index (χ0) is 15.3. The highest BCUT2D eigenvalue weighted by Gasteiger charge is 2.50. The molecule has 2 heterocycles. The molecule has 2 saturated carbocycles. The van der Waals surface area contributed by atoms with Gasteiger partial charge in [0.05, 0.1) is 17.9 Å². The molecule has 0 spiro atoms. The molecule has 1 saturated heterocycles. The normalized spacial score (nSPS) is 38.7. The third-order valence-electron chi connectivity index (χ3n) is 5.16. The number of rotatable bonds is 3. The molecule has 4 rings (SSSR count). The third-order valence-corrected chi connectivity index (χ3v) is 6.33. The van der Waals surface area contributed by atoms with Crippen molar-refractivity contribution in [1.82, 2.24) is 5.32 Å². The Kier molecular flexibility index (Phi) is 3.18. The van der Waals surface area contributed by atoms with Crippen molar-refractivity contribution in [3.05, 3.63) is 24.2 Å². The second-order valence-corrected chi connectivity index (χ2v) is 8.01. The number of Topliss-reactive ketones (excluding diaryl/α,β-unsaturated/α-hetero) is 1. The number of amidine groups is 1. The van der Waals surface area contributed by atoms with Gasteiger partial charge in [-0.05, 0) is 44.1 Å². The predicted molar refractivity (Wildman–Crippen MR) is 83.8 cm³/mol.